The van der Waals surface area contributed by atoms with Gasteiger partial charge in [-0.2, -0.15) is 4.98 Å². The number of halogens is 1. The molecule has 1 saturated heterocycles. The summed E-state index contributed by atoms with van der Waals surface area (Å²) in [5, 5.41) is 9.84. The summed E-state index contributed by atoms with van der Waals surface area (Å²) in [5.41, 5.74) is 0. The van der Waals surface area contributed by atoms with Gasteiger partial charge < -0.3 is 14.9 Å². The second-order valence-electron chi connectivity index (χ2n) is 6.64. The van der Waals surface area contributed by atoms with E-state index in [1.807, 2.05) is 4.90 Å². The third kappa shape index (κ3) is 3.90. The number of nitrogens with zero attached hydrogens (tertiary/aromatic N) is 6. The summed E-state index contributed by atoms with van der Waals surface area (Å²) in [7, 11) is -1.08. The molecule has 2 aliphatic heterocycles. The van der Waals surface area contributed by atoms with Crippen LogP contribution in [0.15, 0.2) is 23.5 Å². The zero-order valence-corrected chi connectivity index (χ0v) is 16.4. The quantitative estimate of drug-likeness (QED) is 0.806. The van der Waals surface area contributed by atoms with Crippen LogP contribution >= 0.6 is 11.6 Å². The molecule has 0 aromatic carbocycles. The minimum Gasteiger partial charge on any atom is -0.395 e. The Morgan fingerprint density at radius 2 is 1.89 bits per heavy atom. The number of aliphatic hydroxyl groups excluding tert-OH is 1. The summed E-state index contributed by atoms with van der Waals surface area (Å²) in [6.45, 7) is 2.76. The van der Waals surface area contributed by atoms with Gasteiger partial charge in [0.15, 0.2) is 5.82 Å². The van der Waals surface area contributed by atoms with Gasteiger partial charge in [-0.25, -0.2) is 15.0 Å². The van der Waals surface area contributed by atoms with Crippen LogP contribution in [-0.4, -0.2) is 67.8 Å². The molecule has 0 aliphatic carbocycles. The molecule has 144 valence electrons. The number of hydrogen-bond donors (Lipinski definition) is 1. The van der Waals surface area contributed by atoms with Crippen molar-refractivity contribution in [1.82, 2.24) is 19.9 Å². The standard InChI is InChI=1S/C17H21ClN6O2S/c18-13-9-19-15(20-10-13)12-1-3-24(4-2-12)17-21-11-14-16(22-17)23(5-7-25)6-8-27(14)26/h9-12,25H,1-8H2/t27-/m0/s1. The summed E-state index contributed by atoms with van der Waals surface area (Å²) >= 11 is 5.87. The molecule has 4 heterocycles. The summed E-state index contributed by atoms with van der Waals surface area (Å²) in [5.74, 6) is 3.00. The van der Waals surface area contributed by atoms with Crippen LogP contribution in [0, 0.1) is 0 Å². The topological polar surface area (TPSA) is 95.3 Å². The minimum atomic E-state index is -1.08. The van der Waals surface area contributed by atoms with Crippen LogP contribution in [0.2, 0.25) is 5.02 Å². The van der Waals surface area contributed by atoms with Crippen molar-refractivity contribution >= 4 is 34.2 Å². The number of rotatable bonds is 4. The average molecular weight is 409 g/mol. The zero-order valence-electron chi connectivity index (χ0n) is 14.8. The Morgan fingerprint density at radius 1 is 1.15 bits per heavy atom. The van der Waals surface area contributed by atoms with Crippen molar-refractivity contribution in [2.75, 3.05) is 48.3 Å². The van der Waals surface area contributed by atoms with E-state index in [-0.39, 0.29) is 6.61 Å². The third-order valence-electron chi connectivity index (χ3n) is 4.97. The Hall–Kier alpha value is -1.84. The summed E-state index contributed by atoms with van der Waals surface area (Å²) in [6.07, 6.45) is 6.77. The van der Waals surface area contributed by atoms with Crippen molar-refractivity contribution in [3.63, 3.8) is 0 Å². The first-order chi connectivity index (χ1) is 13.2. The van der Waals surface area contributed by atoms with Crippen molar-refractivity contribution in [3.8, 4) is 0 Å². The van der Waals surface area contributed by atoms with E-state index in [1.54, 1.807) is 18.6 Å². The van der Waals surface area contributed by atoms with Crippen LogP contribution in [-0.2, 0) is 10.8 Å². The molecule has 0 amide bonds. The largest absolute Gasteiger partial charge is 0.395 e. The van der Waals surface area contributed by atoms with Crippen LogP contribution in [0.5, 0.6) is 0 Å². The highest BCUT2D eigenvalue weighted by Crippen LogP contribution is 2.31. The molecule has 4 rings (SSSR count). The van der Waals surface area contributed by atoms with E-state index in [0.717, 1.165) is 31.8 Å². The Balaban J connectivity index is 1.49. The number of aromatic nitrogens is 4. The molecule has 0 spiro atoms. The monoisotopic (exact) mass is 408 g/mol. The van der Waals surface area contributed by atoms with Crippen molar-refractivity contribution in [2.45, 2.75) is 23.7 Å². The molecule has 27 heavy (non-hydrogen) atoms. The number of anilines is 2. The maximum Gasteiger partial charge on any atom is 0.227 e. The van der Waals surface area contributed by atoms with Gasteiger partial charge in [0.2, 0.25) is 5.95 Å². The highest BCUT2D eigenvalue weighted by atomic mass is 35.5. The molecule has 0 radical (unpaired) electrons. The van der Waals surface area contributed by atoms with Gasteiger partial charge in [0.25, 0.3) is 0 Å². The fourth-order valence-electron chi connectivity index (χ4n) is 3.51. The van der Waals surface area contributed by atoms with E-state index >= 15 is 0 Å². The van der Waals surface area contributed by atoms with E-state index in [1.165, 1.54) is 0 Å². The maximum absolute atomic E-state index is 12.3. The molecule has 2 aliphatic rings. The van der Waals surface area contributed by atoms with Gasteiger partial charge in [0.05, 0.1) is 33.5 Å². The Bertz CT molecular complexity index is 829. The normalized spacial score (nSPS) is 20.6. The Labute approximate surface area is 165 Å². The lowest BCUT2D eigenvalue weighted by Gasteiger charge is -2.33. The molecule has 2 aromatic heterocycles. The number of hydrogen-bond acceptors (Lipinski definition) is 8. The van der Waals surface area contributed by atoms with Gasteiger partial charge >= 0.3 is 0 Å². The minimum absolute atomic E-state index is 0.0396. The number of piperidine rings is 1. The van der Waals surface area contributed by atoms with Crippen molar-refractivity contribution in [2.24, 2.45) is 0 Å². The molecule has 8 nitrogen and oxygen atoms in total. The lowest BCUT2D eigenvalue weighted by Crippen LogP contribution is -2.38. The summed E-state index contributed by atoms with van der Waals surface area (Å²) < 4.78 is 12.3. The van der Waals surface area contributed by atoms with Crippen LogP contribution in [0.25, 0.3) is 0 Å². The highest BCUT2D eigenvalue weighted by molar-refractivity contribution is 7.85. The number of fused-ring (bicyclic) bond motifs is 1. The molecule has 10 heteroatoms. The zero-order chi connectivity index (χ0) is 18.8. The van der Waals surface area contributed by atoms with Crippen LogP contribution in [0.3, 0.4) is 0 Å². The molecule has 1 atom stereocenters. The highest BCUT2D eigenvalue weighted by Gasteiger charge is 2.28. The molecule has 1 N–H and O–H groups in total. The smallest absolute Gasteiger partial charge is 0.227 e. The first kappa shape index (κ1) is 18.5. The van der Waals surface area contributed by atoms with Gasteiger partial charge in [0, 0.05) is 50.2 Å². The van der Waals surface area contributed by atoms with Gasteiger partial charge in [-0.1, -0.05) is 11.6 Å². The summed E-state index contributed by atoms with van der Waals surface area (Å²) in [4.78, 5) is 22.6. The molecular formula is C17H21ClN6O2S. The predicted octanol–water partition coefficient (Wildman–Crippen LogP) is 1.22. The first-order valence-corrected chi connectivity index (χ1v) is 10.7. The van der Waals surface area contributed by atoms with Gasteiger partial charge in [-0.05, 0) is 12.8 Å². The second kappa shape index (κ2) is 8.04. The Kier molecular flexibility index (Phi) is 5.51. The number of aliphatic hydroxyl groups is 1. The maximum atomic E-state index is 12.3. The molecule has 1 fully saturated rings. The van der Waals surface area contributed by atoms with Crippen molar-refractivity contribution in [3.05, 3.63) is 29.4 Å². The van der Waals surface area contributed by atoms with Crippen LogP contribution < -0.4 is 9.80 Å². The molecule has 0 unspecified atom stereocenters. The summed E-state index contributed by atoms with van der Waals surface area (Å²) in [6, 6.07) is 0. The predicted molar refractivity (Wildman–Crippen MR) is 104 cm³/mol. The first-order valence-electron chi connectivity index (χ1n) is 8.99. The fourth-order valence-corrected chi connectivity index (χ4v) is 4.76. The van der Waals surface area contributed by atoms with Gasteiger partial charge in [0.1, 0.15) is 5.82 Å². The lowest BCUT2D eigenvalue weighted by atomic mass is 9.96. The average Bonchev–Trinajstić information content (AvgIpc) is 2.71. The lowest BCUT2D eigenvalue weighted by molar-refractivity contribution is 0.301. The Morgan fingerprint density at radius 3 is 2.59 bits per heavy atom. The van der Waals surface area contributed by atoms with Gasteiger partial charge in [-0.3, -0.25) is 4.21 Å². The van der Waals surface area contributed by atoms with Crippen molar-refractivity contribution < 1.29 is 9.32 Å². The van der Waals surface area contributed by atoms with Crippen molar-refractivity contribution in [1.29, 1.82) is 0 Å². The van der Waals surface area contributed by atoms with Crippen LogP contribution in [0.1, 0.15) is 24.6 Å². The molecule has 0 saturated carbocycles. The van der Waals surface area contributed by atoms with E-state index in [0.29, 0.717) is 46.4 Å². The molecule has 2 aromatic rings. The molecule has 0 bridgehead atoms. The fraction of sp³-hybridized carbons (Fsp3) is 0.529. The number of β-amino-alcohol motifs (C(OH)–C–C–N with tert-alkyl or cyclic N) is 1. The van der Waals surface area contributed by atoms with E-state index < -0.39 is 10.8 Å². The van der Waals surface area contributed by atoms with E-state index in [4.69, 9.17) is 11.6 Å². The molecular weight excluding hydrogens is 388 g/mol. The SMILES string of the molecule is O=[S@]1CCN(CCO)c2nc(N3CCC(c4ncc(Cl)cn4)CC3)ncc21. The van der Waals surface area contributed by atoms with Crippen LogP contribution in [0.4, 0.5) is 11.8 Å². The van der Waals surface area contributed by atoms with E-state index in [9.17, 15) is 9.32 Å². The van der Waals surface area contributed by atoms with E-state index in [2.05, 4.69) is 24.8 Å². The second-order valence-corrected chi connectivity index (χ2v) is 8.61. The third-order valence-corrected chi connectivity index (χ3v) is 6.50. The van der Waals surface area contributed by atoms with Gasteiger partial charge in [-0.15, -0.1) is 0 Å².